The summed E-state index contributed by atoms with van der Waals surface area (Å²) in [6.07, 6.45) is 6.11. The van der Waals surface area contributed by atoms with E-state index in [1.807, 2.05) is 29.4 Å². The molecule has 0 spiro atoms. The van der Waals surface area contributed by atoms with Crippen molar-refractivity contribution in [2.24, 2.45) is 0 Å². The lowest BCUT2D eigenvalue weighted by Gasteiger charge is -2.34. The van der Waals surface area contributed by atoms with Gasteiger partial charge >= 0.3 is 0 Å². The molecule has 0 saturated carbocycles. The Morgan fingerprint density at radius 3 is 2.74 bits per heavy atom. The summed E-state index contributed by atoms with van der Waals surface area (Å²) in [4.78, 5) is 36.6. The number of carbonyl (C=O) groups is 2. The molecule has 1 saturated heterocycles. The zero-order valence-corrected chi connectivity index (χ0v) is 14.9. The molecule has 2 aliphatic rings. The fourth-order valence-electron chi connectivity index (χ4n) is 3.29. The van der Waals surface area contributed by atoms with E-state index in [9.17, 15) is 9.59 Å². The number of pyridine rings is 2. The smallest absolute Gasteiger partial charge is 0.262 e. The van der Waals surface area contributed by atoms with E-state index < -0.39 is 0 Å². The van der Waals surface area contributed by atoms with E-state index in [2.05, 4.69) is 20.2 Å². The number of piperazine rings is 1. The quantitative estimate of drug-likeness (QED) is 0.860. The first-order valence-corrected chi connectivity index (χ1v) is 9.02. The van der Waals surface area contributed by atoms with Gasteiger partial charge in [-0.05, 0) is 30.2 Å². The van der Waals surface area contributed by atoms with Crippen LogP contribution in [0.3, 0.4) is 0 Å². The summed E-state index contributed by atoms with van der Waals surface area (Å²) in [7, 11) is 0. The Morgan fingerprint density at radius 2 is 1.96 bits per heavy atom. The van der Waals surface area contributed by atoms with Crippen molar-refractivity contribution in [1.82, 2.24) is 19.8 Å². The zero-order chi connectivity index (χ0) is 18.6. The van der Waals surface area contributed by atoms with Crippen LogP contribution in [-0.2, 0) is 11.2 Å². The molecule has 2 aliphatic heterocycles. The molecule has 1 N–H and O–H groups in total. The summed E-state index contributed by atoms with van der Waals surface area (Å²) in [6.45, 7) is 3.96. The number of nitrogens with one attached hydrogen (secondary N) is 1. The maximum atomic E-state index is 12.8. The van der Waals surface area contributed by atoms with Gasteiger partial charge < -0.3 is 15.0 Å². The molecular weight excluding hydrogens is 346 g/mol. The first kappa shape index (κ1) is 17.4. The van der Waals surface area contributed by atoms with Crippen LogP contribution in [0, 0.1) is 0 Å². The number of rotatable bonds is 4. The van der Waals surface area contributed by atoms with Crippen molar-refractivity contribution in [3.05, 3.63) is 47.9 Å². The average molecular weight is 367 g/mol. The largest absolute Gasteiger partial charge is 0.466 e. The summed E-state index contributed by atoms with van der Waals surface area (Å²) in [5.41, 5.74) is 2.19. The van der Waals surface area contributed by atoms with Crippen molar-refractivity contribution < 1.29 is 14.3 Å². The molecule has 1 fully saturated rings. The summed E-state index contributed by atoms with van der Waals surface area (Å²) < 4.78 is 5.23. The maximum absolute atomic E-state index is 12.8. The zero-order valence-electron chi connectivity index (χ0n) is 14.9. The second-order valence-corrected chi connectivity index (χ2v) is 6.65. The van der Waals surface area contributed by atoms with Crippen LogP contribution in [0.2, 0.25) is 0 Å². The molecule has 2 aromatic heterocycles. The van der Waals surface area contributed by atoms with E-state index in [1.54, 1.807) is 6.07 Å². The van der Waals surface area contributed by atoms with Gasteiger partial charge in [0.2, 0.25) is 5.88 Å². The second kappa shape index (κ2) is 7.71. The molecule has 4 rings (SSSR count). The molecule has 27 heavy (non-hydrogen) atoms. The van der Waals surface area contributed by atoms with Gasteiger partial charge in [-0.2, -0.15) is 0 Å². The van der Waals surface area contributed by atoms with Crippen LogP contribution >= 0.6 is 0 Å². The molecule has 0 aromatic carbocycles. The molecule has 0 aliphatic carbocycles. The van der Waals surface area contributed by atoms with Crippen LogP contribution in [0.4, 0.5) is 5.69 Å². The molecule has 0 atom stereocenters. The van der Waals surface area contributed by atoms with E-state index >= 15 is 0 Å². The van der Waals surface area contributed by atoms with E-state index in [0.717, 1.165) is 26.1 Å². The van der Waals surface area contributed by atoms with Gasteiger partial charge in [-0.25, -0.2) is 4.98 Å². The van der Waals surface area contributed by atoms with Gasteiger partial charge in [0.05, 0.1) is 5.56 Å². The Bertz CT molecular complexity index is 834. The second-order valence-electron chi connectivity index (χ2n) is 6.65. The van der Waals surface area contributed by atoms with Crippen LogP contribution in [0.1, 0.15) is 15.9 Å². The SMILES string of the molecule is O=C1COc2ncc(C(=O)N3CCN(CCc4ccncc4)CC3)cc2N1. The highest BCUT2D eigenvalue weighted by Gasteiger charge is 2.24. The van der Waals surface area contributed by atoms with Gasteiger partial charge in [0, 0.05) is 51.3 Å². The van der Waals surface area contributed by atoms with Crippen LogP contribution < -0.4 is 10.1 Å². The minimum Gasteiger partial charge on any atom is -0.466 e. The molecular formula is C19H21N5O3. The third-order valence-corrected chi connectivity index (χ3v) is 4.84. The number of aromatic nitrogens is 2. The van der Waals surface area contributed by atoms with Gasteiger partial charge in [0.15, 0.2) is 6.61 Å². The van der Waals surface area contributed by atoms with Crippen molar-refractivity contribution in [2.75, 3.05) is 44.6 Å². The average Bonchev–Trinajstić information content (AvgIpc) is 2.72. The van der Waals surface area contributed by atoms with Crippen molar-refractivity contribution in [1.29, 1.82) is 0 Å². The molecule has 2 aromatic rings. The Balaban J connectivity index is 1.32. The van der Waals surface area contributed by atoms with E-state index in [4.69, 9.17) is 4.74 Å². The van der Waals surface area contributed by atoms with Crippen LogP contribution in [0.5, 0.6) is 5.88 Å². The molecule has 140 valence electrons. The Labute approximate surface area is 157 Å². The standard InChI is InChI=1S/C19H21N5O3/c25-17-13-27-18-16(22-17)11-15(12-21-18)19(26)24-9-7-23(8-10-24)6-3-14-1-4-20-5-2-14/h1-2,4-5,11-12H,3,6-10,13H2,(H,22,25). The highest BCUT2D eigenvalue weighted by atomic mass is 16.5. The van der Waals surface area contributed by atoms with E-state index in [0.29, 0.717) is 30.2 Å². The lowest BCUT2D eigenvalue weighted by Crippen LogP contribution is -2.49. The van der Waals surface area contributed by atoms with Crippen molar-refractivity contribution >= 4 is 17.5 Å². The van der Waals surface area contributed by atoms with Gasteiger partial charge in [0.1, 0.15) is 5.69 Å². The minimum absolute atomic E-state index is 0.0469. The lowest BCUT2D eigenvalue weighted by atomic mass is 10.1. The fourth-order valence-corrected chi connectivity index (χ4v) is 3.29. The fraction of sp³-hybridized carbons (Fsp3) is 0.368. The van der Waals surface area contributed by atoms with E-state index in [-0.39, 0.29) is 18.4 Å². The number of carbonyl (C=O) groups excluding carboxylic acids is 2. The van der Waals surface area contributed by atoms with Crippen LogP contribution in [0.25, 0.3) is 0 Å². The Hall–Kier alpha value is -3.00. The molecule has 0 radical (unpaired) electrons. The highest BCUT2D eigenvalue weighted by Crippen LogP contribution is 2.26. The molecule has 8 heteroatoms. The van der Waals surface area contributed by atoms with Crippen LogP contribution in [-0.4, -0.2) is 70.9 Å². The molecule has 2 amide bonds. The van der Waals surface area contributed by atoms with Gasteiger partial charge in [-0.3, -0.25) is 19.5 Å². The van der Waals surface area contributed by atoms with E-state index in [1.165, 1.54) is 11.8 Å². The van der Waals surface area contributed by atoms with Gasteiger partial charge in [-0.1, -0.05) is 0 Å². The van der Waals surface area contributed by atoms with Crippen molar-refractivity contribution in [2.45, 2.75) is 6.42 Å². The van der Waals surface area contributed by atoms with Gasteiger partial charge in [-0.15, -0.1) is 0 Å². The predicted molar refractivity (Wildman–Crippen MR) is 98.6 cm³/mol. The number of ether oxygens (including phenoxy) is 1. The summed E-state index contributed by atoms with van der Waals surface area (Å²) in [6, 6.07) is 5.70. The number of nitrogens with zero attached hydrogens (tertiary/aromatic N) is 4. The number of hydrogen-bond donors (Lipinski definition) is 1. The molecule has 0 unspecified atom stereocenters. The highest BCUT2D eigenvalue weighted by molar-refractivity contribution is 5.99. The van der Waals surface area contributed by atoms with Gasteiger partial charge in [0.25, 0.3) is 11.8 Å². The first-order chi connectivity index (χ1) is 13.2. The minimum atomic E-state index is -0.239. The predicted octanol–water partition coefficient (Wildman–Crippen LogP) is 0.808. The summed E-state index contributed by atoms with van der Waals surface area (Å²) in [5.74, 6) is 0.0442. The Kier molecular flexibility index (Phi) is 4.97. The third-order valence-electron chi connectivity index (χ3n) is 4.84. The monoisotopic (exact) mass is 367 g/mol. The van der Waals surface area contributed by atoms with Crippen molar-refractivity contribution in [3.63, 3.8) is 0 Å². The molecule has 8 nitrogen and oxygen atoms in total. The Morgan fingerprint density at radius 1 is 1.19 bits per heavy atom. The van der Waals surface area contributed by atoms with Crippen LogP contribution in [0.15, 0.2) is 36.8 Å². The topological polar surface area (TPSA) is 87.7 Å². The number of amides is 2. The number of anilines is 1. The number of fused-ring (bicyclic) bond motifs is 1. The molecule has 0 bridgehead atoms. The molecule has 4 heterocycles. The third kappa shape index (κ3) is 4.06. The number of hydrogen-bond acceptors (Lipinski definition) is 6. The summed E-state index contributed by atoms with van der Waals surface area (Å²) >= 11 is 0. The maximum Gasteiger partial charge on any atom is 0.262 e. The normalized spacial score (nSPS) is 17.0. The first-order valence-electron chi connectivity index (χ1n) is 9.02. The van der Waals surface area contributed by atoms with Crippen molar-refractivity contribution in [3.8, 4) is 5.88 Å². The lowest BCUT2D eigenvalue weighted by molar-refractivity contribution is -0.118. The summed E-state index contributed by atoms with van der Waals surface area (Å²) in [5, 5.41) is 2.69.